The van der Waals surface area contributed by atoms with Crippen LogP contribution in [0.1, 0.15) is 38.3 Å². The summed E-state index contributed by atoms with van der Waals surface area (Å²) in [6.45, 7) is 3.68. The van der Waals surface area contributed by atoms with Crippen molar-refractivity contribution in [2.45, 2.75) is 38.3 Å². The van der Waals surface area contributed by atoms with Crippen LogP contribution in [0.4, 0.5) is 8.78 Å². The molecule has 22 heavy (non-hydrogen) atoms. The molecule has 3 N–H and O–H groups in total. The van der Waals surface area contributed by atoms with Crippen LogP contribution in [-0.4, -0.2) is 18.0 Å². The van der Waals surface area contributed by atoms with Crippen LogP contribution in [0.5, 0.6) is 0 Å². The Hall–Kier alpha value is -2.00. The fourth-order valence-corrected chi connectivity index (χ4v) is 2.44. The van der Waals surface area contributed by atoms with Gasteiger partial charge in [-0.25, -0.2) is 8.78 Å². The van der Waals surface area contributed by atoms with Crippen molar-refractivity contribution in [2.75, 3.05) is 6.54 Å². The van der Waals surface area contributed by atoms with Crippen molar-refractivity contribution in [2.24, 2.45) is 5.92 Å². The summed E-state index contributed by atoms with van der Waals surface area (Å²) in [4.78, 5) is 12.0. The first-order valence-corrected chi connectivity index (χ1v) is 7.36. The van der Waals surface area contributed by atoms with E-state index in [-0.39, 0.29) is 24.4 Å². The van der Waals surface area contributed by atoms with Gasteiger partial charge in [0.15, 0.2) is 18.2 Å². The van der Waals surface area contributed by atoms with Crippen molar-refractivity contribution >= 4 is 5.91 Å². The first kappa shape index (κ1) is 16.4. The van der Waals surface area contributed by atoms with E-state index >= 15 is 0 Å². The summed E-state index contributed by atoms with van der Waals surface area (Å²) in [5.74, 6) is -1.79. The monoisotopic (exact) mass is 308 g/mol. The number of halogens is 2. The molecule has 118 valence electrons. The Kier molecular flexibility index (Phi) is 4.77. The van der Waals surface area contributed by atoms with E-state index in [4.69, 9.17) is 0 Å². The zero-order chi connectivity index (χ0) is 16.3. The summed E-state index contributed by atoms with van der Waals surface area (Å²) in [6.07, 6.45) is 1.92. The Morgan fingerprint density at radius 2 is 2.18 bits per heavy atom. The summed E-state index contributed by atoms with van der Waals surface area (Å²) in [6, 6.07) is 5.70. The Bertz CT molecular complexity index is 610. The fourth-order valence-electron chi connectivity index (χ4n) is 2.44. The number of nitriles is 1. The summed E-state index contributed by atoms with van der Waals surface area (Å²) in [5.41, 5.74) is -0.201. The molecule has 1 amide bonds. The normalized spacial score (nSPS) is 18.1. The maximum absolute atomic E-state index is 13.2. The van der Waals surface area contributed by atoms with Crippen molar-refractivity contribution in [1.82, 2.24) is 5.32 Å². The third-order valence-electron chi connectivity index (χ3n) is 4.15. The van der Waals surface area contributed by atoms with Gasteiger partial charge in [-0.05, 0) is 50.8 Å². The molecule has 0 radical (unpaired) electrons. The first-order chi connectivity index (χ1) is 10.4. The molecule has 1 fully saturated rings. The van der Waals surface area contributed by atoms with Gasteiger partial charge < -0.3 is 10.6 Å². The summed E-state index contributed by atoms with van der Waals surface area (Å²) in [7, 11) is 0. The van der Waals surface area contributed by atoms with Gasteiger partial charge in [-0.2, -0.15) is 5.26 Å². The highest BCUT2D eigenvalue weighted by Crippen LogP contribution is 2.39. The van der Waals surface area contributed by atoms with Gasteiger partial charge in [-0.3, -0.25) is 4.79 Å². The number of hydrogen-bond acceptors (Lipinski definition) is 2. The number of hydrogen-bond donors (Lipinski definition) is 2. The highest BCUT2D eigenvalue weighted by atomic mass is 19.2. The zero-order valence-electron chi connectivity index (χ0n) is 12.7. The molecule has 0 spiro atoms. The van der Waals surface area contributed by atoms with Crippen LogP contribution in [0.15, 0.2) is 18.2 Å². The molecule has 2 atom stereocenters. The second kappa shape index (κ2) is 6.41. The molecule has 1 aromatic rings. The van der Waals surface area contributed by atoms with Crippen LogP contribution in [0, 0.1) is 28.9 Å². The second-order valence-corrected chi connectivity index (χ2v) is 6.04. The van der Waals surface area contributed by atoms with Crippen molar-refractivity contribution in [1.29, 1.82) is 5.26 Å². The van der Waals surface area contributed by atoms with E-state index < -0.39 is 17.2 Å². The van der Waals surface area contributed by atoms with Crippen LogP contribution >= 0.6 is 0 Å². The summed E-state index contributed by atoms with van der Waals surface area (Å²) >= 11 is 0. The number of benzene rings is 1. The maximum atomic E-state index is 13.2. The number of amides is 1. The minimum atomic E-state index is -0.895. The SMILES string of the molecule is C[C@H]([NH2+]CC(=O)N[C@@](C)(C#N)C1CC1)c1ccc(F)c(F)c1. The Morgan fingerprint density at radius 3 is 2.73 bits per heavy atom. The molecule has 0 aromatic heterocycles. The topological polar surface area (TPSA) is 69.5 Å². The number of nitrogens with one attached hydrogen (secondary N) is 1. The van der Waals surface area contributed by atoms with Crippen LogP contribution in [0.25, 0.3) is 0 Å². The van der Waals surface area contributed by atoms with Gasteiger partial charge in [-0.15, -0.1) is 0 Å². The molecule has 0 aliphatic heterocycles. The van der Waals surface area contributed by atoms with E-state index in [0.29, 0.717) is 5.56 Å². The molecular weight excluding hydrogens is 288 g/mol. The predicted octanol–water partition coefficient (Wildman–Crippen LogP) is 1.40. The maximum Gasteiger partial charge on any atom is 0.276 e. The molecule has 1 aliphatic carbocycles. The van der Waals surface area contributed by atoms with E-state index in [2.05, 4.69) is 11.4 Å². The quantitative estimate of drug-likeness (QED) is 0.834. The lowest BCUT2D eigenvalue weighted by Crippen LogP contribution is -2.87. The lowest BCUT2D eigenvalue weighted by atomic mass is 9.98. The van der Waals surface area contributed by atoms with E-state index in [1.807, 2.05) is 6.92 Å². The van der Waals surface area contributed by atoms with Crippen LogP contribution in [0.2, 0.25) is 0 Å². The molecule has 6 heteroatoms. The molecule has 0 unspecified atom stereocenters. The number of carbonyl (C=O) groups is 1. The minimum absolute atomic E-state index is 0.129. The van der Waals surface area contributed by atoms with E-state index in [0.717, 1.165) is 25.0 Å². The average molecular weight is 308 g/mol. The number of nitrogens with two attached hydrogens (primary N) is 1. The largest absolute Gasteiger partial charge is 0.333 e. The smallest absolute Gasteiger partial charge is 0.276 e. The molecule has 0 bridgehead atoms. The van der Waals surface area contributed by atoms with Crippen LogP contribution in [-0.2, 0) is 4.79 Å². The van der Waals surface area contributed by atoms with Crippen LogP contribution < -0.4 is 10.6 Å². The number of rotatable bonds is 6. The molecule has 0 heterocycles. The standard InChI is InChI=1S/C16H19F2N3O/c1-10(11-3-6-13(17)14(18)7-11)20-8-15(22)21-16(2,9-19)12-4-5-12/h3,6-7,10,12,20H,4-5,8H2,1-2H3,(H,21,22)/p+1/t10-,16-/m0/s1. The predicted molar refractivity (Wildman–Crippen MR) is 76.5 cm³/mol. The molecule has 0 saturated heterocycles. The third-order valence-corrected chi connectivity index (χ3v) is 4.15. The molecule has 1 aliphatic rings. The minimum Gasteiger partial charge on any atom is -0.333 e. The lowest BCUT2D eigenvalue weighted by Gasteiger charge is -2.22. The van der Waals surface area contributed by atoms with Gasteiger partial charge in [0.1, 0.15) is 11.6 Å². The van der Waals surface area contributed by atoms with Gasteiger partial charge in [0.2, 0.25) is 0 Å². The van der Waals surface area contributed by atoms with Crippen molar-refractivity contribution in [3.63, 3.8) is 0 Å². The lowest BCUT2D eigenvalue weighted by molar-refractivity contribution is -0.682. The summed E-state index contributed by atoms with van der Waals surface area (Å²) < 4.78 is 26.1. The molecular formula is C16H20F2N3O+. The van der Waals surface area contributed by atoms with E-state index in [9.17, 15) is 18.8 Å². The van der Waals surface area contributed by atoms with E-state index in [1.165, 1.54) is 6.07 Å². The first-order valence-electron chi connectivity index (χ1n) is 7.36. The number of quaternary nitrogens is 1. The van der Waals surface area contributed by atoms with Crippen molar-refractivity contribution < 1.29 is 18.9 Å². The van der Waals surface area contributed by atoms with Crippen molar-refractivity contribution in [3.05, 3.63) is 35.4 Å². The average Bonchev–Trinajstić information content (AvgIpc) is 3.32. The molecule has 2 rings (SSSR count). The van der Waals surface area contributed by atoms with Crippen molar-refractivity contribution in [3.8, 4) is 6.07 Å². The molecule has 1 saturated carbocycles. The molecule has 1 aromatic carbocycles. The number of nitrogens with zero attached hydrogens (tertiary/aromatic N) is 1. The second-order valence-electron chi connectivity index (χ2n) is 6.04. The van der Waals surface area contributed by atoms with Gasteiger partial charge in [0, 0.05) is 5.56 Å². The summed E-state index contributed by atoms with van der Waals surface area (Å²) in [5, 5.41) is 13.7. The fraction of sp³-hybridized carbons (Fsp3) is 0.500. The van der Waals surface area contributed by atoms with Crippen LogP contribution in [0.3, 0.4) is 0 Å². The van der Waals surface area contributed by atoms with E-state index in [1.54, 1.807) is 12.2 Å². The number of carbonyl (C=O) groups excluding carboxylic acids is 1. The van der Waals surface area contributed by atoms with Gasteiger partial charge in [0.25, 0.3) is 5.91 Å². The Balaban J connectivity index is 1.87. The Labute approximate surface area is 128 Å². The van der Waals surface area contributed by atoms with Gasteiger partial charge in [-0.1, -0.05) is 0 Å². The third kappa shape index (κ3) is 3.80. The highest BCUT2D eigenvalue weighted by molar-refractivity contribution is 5.78. The zero-order valence-corrected chi connectivity index (χ0v) is 12.7. The Morgan fingerprint density at radius 1 is 1.50 bits per heavy atom. The van der Waals surface area contributed by atoms with Gasteiger partial charge in [0.05, 0.1) is 6.07 Å². The van der Waals surface area contributed by atoms with Gasteiger partial charge >= 0.3 is 0 Å². The molecule has 4 nitrogen and oxygen atoms in total. The highest BCUT2D eigenvalue weighted by Gasteiger charge is 2.43.